The Kier molecular flexibility index (Phi) is 3.01. The van der Waals surface area contributed by atoms with Gasteiger partial charge in [0.2, 0.25) is 0 Å². The Balaban J connectivity index is 2.08. The zero-order valence-corrected chi connectivity index (χ0v) is 9.61. The minimum Gasteiger partial charge on any atom is -0.486 e. The number of ether oxygens (including phenoxy) is 1. The van der Waals surface area contributed by atoms with Crippen LogP contribution in [0.2, 0.25) is 5.02 Å². The lowest BCUT2D eigenvalue weighted by molar-refractivity contribution is 0.295. The summed E-state index contributed by atoms with van der Waals surface area (Å²) in [4.78, 5) is 0. The molecule has 0 spiro atoms. The Morgan fingerprint density at radius 2 is 2.25 bits per heavy atom. The summed E-state index contributed by atoms with van der Waals surface area (Å²) in [5, 5.41) is 4.57. The van der Waals surface area contributed by atoms with E-state index in [1.54, 1.807) is 29.1 Å². The van der Waals surface area contributed by atoms with E-state index in [2.05, 4.69) is 5.10 Å². The van der Waals surface area contributed by atoms with Crippen LogP contribution in [0.1, 0.15) is 5.69 Å². The van der Waals surface area contributed by atoms with Gasteiger partial charge >= 0.3 is 0 Å². The van der Waals surface area contributed by atoms with Crippen LogP contribution >= 0.6 is 11.6 Å². The molecule has 0 saturated carbocycles. The number of rotatable bonds is 3. The molecule has 2 N–H and O–H groups in total. The molecule has 0 radical (unpaired) electrons. The molecule has 0 atom stereocenters. The molecule has 84 valence electrons. The van der Waals surface area contributed by atoms with Crippen molar-refractivity contribution in [3.05, 3.63) is 41.2 Å². The van der Waals surface area contributed by atoms with Crippen molar-refractivity contribution in [1.29, 1.82) is 0 Å². The molecule has 1 aromatic heterocycles. The molecule has 0 aliphatic carbocycles. The van der Waals surface area contributed by atoms with Gasteiger partial charge in [-0.25, -0.2) is 0 Å². The van der Waals surface area contributed by atoms with Crippen molar-refractivity contribution >= 4 is 17.3 Å². The number of hydrogen-bond acceptors (Lipinski definition) is 3. The highest BCUT2D eigenvalue weighted by Gasteiger charge is 2.04. The third-order valence-corrected chi connectivity index (χ3v) is 2.55. The van der Waals surface area contributed by atoms with Crippen LogP contribution in [0.3, 0.4) is 0 Å². The van der Waals surface area contributed by atoms with Crippen molar-refractivity contribution in [3.63, 3.8) is 0 Å². The Labute approximate surface area is 98.6 Å². The number of halogens is 1. The van der Waals surface area contributed by atoms with Crippen molar-refractivity contribution in [2.75, 3.05) is 5.73 Å². The topological polar surface area (TPSA) is 53.1 Å². The molecule has 1 heterocycles. The third kappa shape index (κ3) is 2.28. The summed E-state index contributed by atoms with van der Waals surface area (Å²) in [6.45, 7) is 0.431. The van der Waals surface area contributed by atoms with Gasteiger partial charge in [0.15, 0.2) is 0 Å². The van der Waals surface area contributed by atoms with Gasteiger partial charge in [0.05, 0.1) is 10.7 Å². The molecule has 0 bridgehead atoms. The second kappa shape index (κ2) is 4.45. The molecule has 0 unspecified atom stereocenters. The number of anilines is 1. The summed E-state index contributed by atoms with van der Waals surface area (Å²) in [6.07, 6.45) is 1.73. The monoisotopic (exact) mass is 237 g/mol. The first-order valence-corrected chi connectivity index (χ1v) is 5.19. The first-order chi connectivity index (χ1) is 7.66. The summed E-state index contributed by atoms with van der Waals surface area (Å²) in [5.41, 5.74) is 7.19. The highest BCUT2D eigenvalue weighted by molar-refractivity contribution is 6.32. The maximum atomic E-state index is 5.98. The zero-order valence-electron chi connectivity index (χ0n) is 8.85. The largest absolute Gasteiger partial charge is 0.486 e. The van der Waals surface area contributed by atoms with Gasteiger partial charge in [0.25, 0.3) is 0 Å². The van der Waals surface area contributed by atoms with Gasteiger partial charge in [-0.2, -0.15) is 5.10 Å². The number of nitrogens with two attached hydrogens (primary N) is 1. The molecular formula is C11H12ClN3O. The van der Waals surface area contributed by atoms with Crippen LogP contribution in [-0.2, 0) is 13.7 Å². The van der Waals surface area contributed by atoms with Crippen molar-refractivity contribution in [1.82, 2.24) is 9.78 Å². The quantitative estimate of drug-likeness (QED) is 0.833. The first-order valence-electron chi connectivity index (χ1n) is 4.81. The van der Waals surface area contributed by atoms with Gasteiger partial charge in [0.1, 0.15) is 12.4 Å². The van der Waals surface area contributed by atoms with Crippen LogP contribution in [-0.4, -0.2) is 9.78 Å². The van der Waals surface area contributed by atoms with Gasteiger partial charge in [-0.05, 0) is 24.3 Å². The van der Waals surface area contributed by atoms with Crippen LogP contribution < -0.4 is 10.5 Å². The summed E-state index contributed by atoms with van der Waals surface area (Å²) < 4.78 is 7.32. The standard InChI is InChI=1S/C11H12ClN3O/c1-15-9(4-5-14-15)7-16-11-3-2-8(13)6-10(11)12/h2-6H,7,13H2,1H3. The smallest absolute Gasteiger partial charge is 0.138 e. The predicted octanol–water partition coefficient (Wildman–Crippen LogP) is 2.23. The second-order valence-corrected chi connectivity index (χ2v) is 3.83. The Morgan fingerprint density at radius 3 is 2.88 bits per heavy atom. The summed E-state index contributed by atoms with van der Waals surface area (Å²) in [5.74, 6) is 0.622. The number of nitrogen functional groups attached to an aromatic ring is 1. The van der Waals surface area contributed by atoms with Crippen molar-refractivity contribution in [2.45, 2.75) is 6.61 Å². The molecule has 0 aliphatic rings. The van der Waals surface area contributed by atoms with Gasteiger partial charge < -0.3 is 10.5 Å². The third-order valence-electron chi connectivity index (χ3n) is 2.25. The highest BCUT2D eigenvalue weighted by Crippen LogP contribution is 2.26. The average Bonchev–Trinajstić information content (AvgIpc) is 2.63. The fraction of sp³-hybridized carbons (Fsp3) is 0.182. The molecule has 0 saturated heterocycles. The highest BCUT2D eigenvalue weighted by atomic mass is 35.5. The van der Waals surface area contributed by atoms with E-state index in [-0.39, 0.29) is 0 Å². The Bertz CT molecular complexity index is 496. The van der Waals surface area contributed by atoms with Crippen LogP contribution in [0, 0.1) is 0 Å². The molecule has 1 aromatic carbocycles. The summed E-state index contributed by atoms with van der Waals surface area (Å²) in [6, 6.07) is 7.07. The van der Waals surface area contributed by atoms with Gasteiger partial charge in [-0.15, -0.1) is 0 Å². The van der Waals surface area contributed by atoms with Crippen LogP contribution in [0.5, 0.6) is 5.75 Å². The van der Waals surface area contributed by atoms with E-state index in [4.69, 9.17) is 22.1 Å². The summed E-state index contributed by atoms with van der Waals surface area (Å²) in [7, 11) is 1.86. The summed E-state index contributed by atoms with van der Waals surface area (Å²) >= 11 is 5.98. The van der Waals surface area contributed by atoms with Crippen molar-refractivity contribution < 1.29 is 4.74 Å². The fourth-order valence-corrected chi connectivity index (χ4v) is 1.57. The van der Waals surface area contributed by atoms with Crippen LogP contribution in [0.15, 0.2) is 30.5 Å². The van der Waals surface area contributed by atoms with E-state index in [9.17, 15) is 0 Å². The molecular weight excluding hydrogens is 226 g/mol. The normalized spacial score (nSPS) is 10.4. The predicted molar refractivity (Wildman–Crippen MR) is 63.4 cm³/mol. The molecule has 0 fully saturated rings. The number of hydrogen-bond donors (Lipinski definition) is 1. The van der Waals surface area contributed by atoms with Crippen molar-refractivity contribution in [3.8, 4) is 5.75 Å². The number of nitrogens with zero attached hydrogens (tertiary/aromatic N) is 2. The van der Waals surface area contributed by atoms with Gasteiger partial charge in [-0.3, -0.25) is 4.68 Å². The fourth-order valence-electron chi connectivity index (χ4n) is 1.33. The SMILES string of the molecule is Cn1nccc1COc1ccc(N)cc1Cl. The molecule has 2 aromatic rings. The van der Waals surface area contributed by atoms with E-state index in [1.165, 1.54) is 0 Å². The Morgan fingerprint density at radius 1 is 1.44 bits per heavy atom. The van der Waals surface area contributed by atoms with E-state index in [1.807, 2.05) is 13.1 Å². The van der Waals surface area contributed by atoms with Crippen molar-refractivity contribution in [2.24, 2.45) is 7.05 Å². The van der Waals surface area contributed by atoms with Gasteiger partial charge in [0, 0.05) is 18.9 Å². The van der Waals surface area contributed by atoms with E-state index in [0.29, 0.717) is 23.1 Å². The van der Waals surface area contributed by atoms with E-state index < -0.39 is 0 Å². The molecule has 2 rings (SSSR count). The average molecular weight is 238 g/mol. The van der Waals surface area contributed by atoms with E-state index in [0.717, 1.165) is 5.69 Å². The first kappa shape index (κ1) is 10.8. The Hall–Kier alpha value is -1.68. The maximum Gasteiger partial charge on any atom is 0.138 e. The number of aromatic nitrogens is 2. The molecule has 16 heavy (non-hydrogen) atoms. The van der Waals surface area contributed by atoms with Crippen LogP contribution in [0.4, 0.5) is 5.69 Å². The van der Waals surface area contributed by atoms with Crippen LogP contribution in [0.25, 0.3) is 0 Å². The maximum absolute atomic E-state index is 5.98. The minimum atomic E-state index is 0.431. The molecule has 5 heteroatoms. The number of benzene rings is 1. The molecule has 0 amide bonds. The molecule has 4 nitrogen and oxygen atoms in total. The van der Waals surface area contributed by atoms with Gasteiger partial charge in [-0.1, -0.05) is 11.6 Å². The lowest BCUT2D eigenvalue weighted by atomic mass is 10.3. The molecule has 0 aliphatic heterocycles. The second-order valence-electron chi connectivity index (χ2n) is 3.42. The number of aryl methyl sites for hydroxylation is 1. The lowest BCUT2D eigenvalue weighted by Gasteiger charge is -2.08. The zero-order chi connectivity index (χ0) is 11.5. The van der Waals surface area contributed by atoms with E-state index >= 15 is 0 Å². The minimum absolute atomic E-state index is 0.431. The lowest BCUT2D eigenvalue weighted by Crippen LogP contribution is -2.03.